The maximum Gasteiger partial charge on any atom is 0.121 e. The number of nitrogens with two attached hydrogens (primary N) is 1. The van der Waals surface area contributed by atoms with Crippen molar-refractivity contribution in [2.45, 2.75) is 20.6 Å². The lowest BCUT2D eigenvalue weighted by molar-refractivity contribution is 0.306. The Hall–Kier alpha value is -3.94. The highest BCUT2D eigenvalue weighted by molar-refractivity contribution is 5.85. The van der Waals surface area contributed by atoms with E-state index in [0.29, 0.717) is 18.8 Å². The number of halogens is 1. The Morgan fingerprint density at radius 1 is 0.636 bits per heavy atom. The molecule has 4 aromatic carbocycles. The standard InChI is InChI=1S/C14H11NO.C13H13NO.CH4.ClH/c15-10-13-7-4-8-14(9-13)16-11-12-5-2-1-3-6-12;14-12-7-4-8-13(9-12)15-10-11-5-2-1-3-6-11;;/h1-9H,11H2;1-9H,10,14H2;1H4;1H. The number of benzene rings is 4. The van der Waals surface area contributed by atoms with Gasteiger partial charge in [-0.05, 0) is 41.5 Å². The zero-order valence-electron chi connectivity index (χ0n) is 17.6. The summed E-state index contributed by atoms with van der Waals surface area (Å²) in [7, 11) is 0. The third kappa shape index (κ3) is 9.82. The summed E-state index contributed by atoms with van der Waals surface area (Å²) in [6, 6.07) is 36.7. The topological polar surface area (TPSA) is 68.3 Å². The van der Waals surface area contributed by atoms with Gasteiger partial charge in [0.15, 0.2) is 0 Å². The molecule has 170 valence electrons. The van der Waals surface area contributed by atoms with Gasteiger partial charge in [-0.1, -0.05) is 80.2 Å². The first-order valence-corrected chi connectivity index (χ1v) is 9.92. The quantitative estimate of drug-likeness (QED) is 0.313. The maximum atomic E-state index is 8.74. The Morgan fingerprint density at radius 2 is 1.12 bits per heavy atom. The number of nitriles is 1. The van der Waals surface area contributed by atoms with Crippen LogP contribution in [0.3, 0.4) is 0 Å². The van der Waals surface area contributed by atoms with Crippen LogP contribution in [0, 0.1) is 11.3 Å². The van der Waals surface area contributed by atoms with E-state index in [1.807, 2.05) is 97.1 Å². The summed E-state index contributed by atoms with van der Waals surface area (Å²) < 4.78 is 11.2. The zero-order chi connectivity index (χ0) is 21.7. The van der Waals surface area contributed by atoms with Crippen molar-refractivity contribution in [1.29, 1.82) is 5.26 Å². The fourth-order valence-electron chi connectivity index (χ4n) is 2.74. The minimum atomic E-state index is 0. The SMILES string of the molecule is C.Cl.N#Cc1cccc(OCc2ccccc2)c1.Nc1cccc(OCc2ccccc2)c1. The van der Waals surface area contributed by atoms with E-state index in [0.717, 1.165) is 28.3 Å². The number of anilines is 1. The average molecular weight is 461 g/mol. The first-order chi connectivity index (χ1) is 15.2. The van der Waals surface area contributed by atoms with Gasteiger partial charge in [0.05, 0.1) is 11.6 Å². The molecule has 0 aliphatic carbocycles. The predicted octanol–water partition coefficient (Wildman–Crippen LogP) is 7.04. The van der Waals surface area contributed by atoms with Crippen LogP contribution in [0.2, 0.25) is 0 Å². The monoisotopic (exact) mass is 460 g/mol. The van der Waals surface area contributed by atoms with E-state index < -0.39 is 0 Å². The maximum absolute atomic E-state index is 8.74. The predicted molar refractivity (Wildman–Crippen MR) is 138 cm³/mol. The Labute approximate surface area is 202 Å². The molecule has 0 aliphatic heterocycles. The van der Waals surface area contributed by atoms with Gasteiger partial charge >= 0.3 is 0 Å². The van der Waals surface area contributed by atoms with Crippen LogP contribution in [0.25, 0.3) is 0 Å². The lowest BCUT2D eigenvalue weighted by Crippen LogP contribution is -1.95. The Balaban J connectivity index is 0.000000312. The van der Waals surface area contributed by atoms with Crippen molar-refractivity contribution < 1.29 is 9.47 Å². The van der Waals surface area contributed by atoms with Gasteiger partial charge in [-0.25, -0.2) is 0 Å². The van der Waals surface area contributed by atoms with Gasteiger partial charge in [-0.2, -0.15) is 5.26 Å². The Bertz CT molecular complexity index is 1110. The van der Waals surface area contributed by atoms with Crippen LogP contribution in [-0.4, -0.2) is 0 Å². The first-order valence-electron chi connectivity index (χ1n) is 9.92. The van der Waals surface area contributed by atoms with Crippen LogP contribution in [0.1, 0.15) is 24.1 Å². The molecule has 4 nitrogen and oxygen atoms in total. The average Bonchev–Trinajstić information content (AvgIpc) is 2.83. The van der Waals surface area contributed by atoms with Crippen molar-refractivity contribution in [2.75, 3.05) is 5.73 Å². The van der Waals surface area contributed by atoms with Crippen molar-refractivity contribution in [2.24, 2.45) is 0 Å². The van der Waals surface area contributed by atoms with Crippen molar-refractivity contribution >= 4 is 18.1 Å². The molecule has 0 amide bonds. The summed E-state index contributed by atoms with van der Waals surface area (Å²) in [4.78, 5) is 0. The van der Waals surface area contributed by atoms with Crippen LogP contribution in [-0.2, 0) is 13.2 Å². The smallest absolute Gasteiger partial charge is 0.121 e. The lowest BCUT2D eigenvalue weighted by atomic mass is 10.2. The van der Waals surface area contributed by atoms with E-state index in [2.05, 4.69) is 6.07 Å². The fraction of sp³-hybridized carbons (Fsp3) is 0.107. The number of hydrogen-bond donors (Lipinski definition) is 1. The Kier molecular flexibility index (Phi) is 12.3. The van der Waals surface area contributed by atoms with Gasteiger partial charge in [-0.3, -0.25) is 0 Å². The second-order valence-corrected chi connectivity index (χ2v) is 6.76. The number of ether oxygens (including phenoxy) is 2. The highest BCUT2D eigenvalue weighted by atomic mass is 35.5. The van der Waals surface area contributed by atoms with E-state index in [9.17, 15) is 0 Å². The second-order valence-electron chi connectivity index (χ2n) is 6.76. The lowest BCUT2D eigenvalue weighted by Gasteiger charge is -2.06. The van der Waals surface area contributed by atoms with E-state index in [4.69, 9.17) is 20.5 Å². The number of nitrogens with zero attached hydrogens (tertiary/aromatic N) is 1. The van der Waals surface area contributed by atoms with Crippen LogP contribution < -0.4 is 15.2 Å². The summed E-state index contributed by atoms with van der Waals surface area (Å²) in [5.41, 5.74) is 9.25. The van der Waals surface area contributed by atoms with E-state index in [1.54, 1.807) is 12.1 Å². The molecule has 33 heavy (non-hydrogen) atoms. The van der Waals surface area contributed by atoms with Crippen molar-refractivity contribution in [3.8, 4) is 17.6 Å². The van der Waals surface area contributed by atoms with Crippen LogP contribution in [0.5, 0.6) is 11.5 Å². The Morgan fingerprint density at radius 3 is 1.61 bits per heavy atom. The van der Waals surface area contributed by atoms with Gasteiger partial charge in [0.2, 0.25) is 0 Å². The molecular weight excluding hydrogens is 432 g/mol. The largest absolute Gasteiger partial charge is 0.489 e. The molecule has 0 aliphatic rings. The van der Waals surface area contributed by atoms with Gasteiger partial charge in [0.1, 0.15) is 24.7 Å². The summed E-state index contributed by atoms with van der Waals surface area (Å²) in [5.74, 6) is 1.53. The molecule has 5 heteroatoms. The molecular formula is C28H29ClN2O2. The molecule has 0 radical (unpaired) electrons. The van der Waals surface area contributed by atoms with Gasteiger partial charge < -0.3 is 15.2 Å². The summed E-state index contributed by atoms with van der Waals surface area (Å²) >= 11 is 0. The van der Waals surface area contributed by atoms with Crippen LogP contribution >= 0.6 is 12.4 Å². The minimum absolute atomic E-state index is 0. The molecule has 4 aromatic rings. The molecule has 0 saturated heterocycles. The molecule has 0 bridgehead atoms. The first kappa shape index (κ1) is 27.1. The molecule has 4 rings (SSSR count). The molecule has 0 atom stereocenters. The minimum Gasteiger partial charge on any atom is -0.489 e. The van der Waals surface area contributed by atoms with Crippen molar-refractivity contribution in [3.05, 3.63) is 126 Å². The number of hydrogen-bond acceptors (Lipinski definition) is 4. The van der Waals surface area contributed by atoms with Crippen molar-refractivity contribution in [1.82, 2.24) is 0 Å². The van der Waals surface area contributed by atoms with Gasteiger partial charge in [-0.15, -0.1) is 12.4 Å². The second kappa shape index (κ2) is 15.0. The van der Waals surface area contributed by atoms with E-state index in [1.165, 1.54) is 0 Å². The van der Waals surface area contributed by atoms with E-state index >= 15 is 0 Å². The van der Waals surface area contributed by atoms with Gasteiger partial charge in [0, 0.05) is 11.8 Å². The number of nitrogen functional groups attached to an aromatic ring is 1. The summed E-state index contributed by atoms with van der Waals surface area (Å²) in [6.45, 7) is 1.10. The normalized spacial score (nSPS) is 9.06. The van der Waals surface area contributed by atoms with Crippen molar-refractivity contribution in [3.63, 3.8) is 0 Å². The molecule has 0 heterocycles. The zero-order valence-corrected chi connectivity index (χ0v) is 18.4. The van der Waals surface area contributed by atoms with E-state index in [-0.39, 0.29) is 19.8 Å². The molecule has 0 aromatic heterocycles. The van der Waals surface area contributed by atoms with Gasteiger partial charge in [0.25, 0.3) is 0 Å². The highest BCUT2D eigenvalue weighted by Crippen LogP contribution is 2.16. The molecule has 2 N–H and O–H groups in total. The highest BCUT2D eigenvalue weighted by Gasteiger charge is 1.97. The summed E-state index contributed by atoms with van der Waals surface area (Å²) in [6.07, 6.45) is 0. The molecule has 0 spiro atoms. The number of rotatable bonds is 6. The summed E-state index contributed by atoms with van der Waals surface area (Å²) in [5, 5.41) is 8.74. The van der Waals surface area contributed by atoms with Crippen LogP contribution in [0.4, 0.5) is 5.69 Å². The molecule has 0 saturated carbocycles. The fourth-order valence-corrected chi connectivity index (χ4v) is 2.74. The molecule has 0 unspecified atom stereocenters. The van der Waals surface area contributed by atoms with Crippen LogP contribution in [0.15, 0.2) is 109 Å². The third-order valence-corrected chi connectivity index (χ3v) is 4.32. The molecule has 0 fully saturated rings. The third-order valence-electron chi connectivity index (χ3n) is 4.32.